The Kier molecular flexibility index (Phi) is 2.56. The Bertz CT molecular complexity index is 468. The molecule has 0 fully saturated rings. The smallest absolute Gasteiger partial charge is 0.231 e. The van der Waals surface area contributed by atoms with Gasteiger partial charge in [0.05, 0.1) is 6.42 Å². The highest BCUT2D eigenvalue weighted by molar-refractivity contribution is 9.10. The molecule has 2 rings (SSSR count). The molecule has 1 aliphatic rings. The molecule has 4 nitrogen and oxygen atoms in total. The number of aliphatic imine (C=N–C) groups is 1. The Labute approximate surface area is 95.9 Å². The SMILES string of the molecule is CC1=Nc2c(ncc(Br)c2C)NC(=O)C1. The van der Waals surface area contributed by atoms with E-state index >= 15 is 0 Å². The number of amides is 1. The summed E-state index contributed by atoms with van der Waals surface area (Å²) in [7, 11) is 0. The van der Waals surface area contributed by atoms with Crippen molar-refractivity contribution in [1.29, 1.82) is 0 Å². The largest absolute Gasteiger partial charge is 0.309 e. The van der Waals surface area contributed by atoms with Crippen LogP contribution in [0.5, 0.6) is 0 Å². The highest BCUT2D eigenvalue weighted by Gasteiger charge is 2.17. The van der Waals surface area contributed by atoms with Crippen LogP contribution in [0.25, 0.3) is 0 Å². The number of anilines is 1. The van der Waals surface area contributed by atoms with Crippen LogP contribution in [0.15, 0.2) is 15.7 Å². The van der Waals surface area contributed by atoms with E-state index in [1.54, 1.807) is 6.20 Å². The zero-order valence-electron chi connectivity index (χ0n) is 8.47. The minimum atomic E-state index is -0.0655. The van der Waals surface area contributed by atoms with E-state index in [2.05, 4.69) is 31.2 Å². The van der Waals surface area contributed by atoms with Gasteiger partial charge >= 0.3 is 0 Å². The molecule has 5 heteroatoms. The summed E-state index contributed by atoms with van der Waals surface area (Å²) in [6.45, 7) is 3.79. The number of carbonyl (C=O) groups excluding carboxylic acids is 1. The molecule has 15 heavy (non-hydrogen) atoms. The van der Waals surface area contributed by atoms with E-state index in [0.717, 1.165) is 21.4 Å². The van der Waals surface area contributed by atoms with E-state index in [1.165, 1.54) is 0 Å². The van der Waals surface area contributed by atoms with Crippen molar-refractivity contribution in [2.45, 2.75) is 20.3 Å². The second-order valence-corrected chi connectivity index (χ2v) is 4.35. The fourth-order valence-electron chi connectivity index (χ4n) is 1.44. The van der Waals surface area contributed by atoms with Crippen molar-refractivity contribution in [3.63, 3.8) is 0 Å². The predicted molar refractivity (Wildman–Crippen MR) is 62.7 cm³/mol. The van der Waals surface area contributed by atoms with Gasteiger partial charge in [0, 0.05) is 16.4 Å². The Hall–Kier alpha value is -1.23. The molecule has 0 bridgehead atoms. The number of hydrogen-bond donors (Lipinski definition) is 1. The maximum atomic E-state index is 11.4. The second-order valence-electron chi connectivity index (χ2n) is 3.50. The molecule has 0 radical (unpaired) electrons. The quantitative estimate of drug-likeness (QED) is 0.786. The summed E-state index contributed by atoms with van der Waals surface area (Å²) >= 11 is 3.39. The predicted octanol–water partition coefficient (Wildman–Crippen LogP) is 2.59. The summed E-state index contributed by atoms with van der Waals surface area (Å²) < 4.78 is 0.897. The third kappa shape index (κ3) is 1.92. The number of aromatic nitrogens is 1. The van der Waals surface area contributed by atoms with Crippen LogP contribution in [0.3, 0.4) is 0 Å². The van der Waals surface area contributed by atoms with Gasteiger partial charge in [-0.05, 0) is 35.3 Å². The van der Waals surface area contributed by atoms with Crippen LogP contribution in [0.4, 0.5) is 11.5 Å². The number of rotatable bonds is 0. The zero-order valence-corrected chi connectivity index (χ0v) is 10.1. The lowest BCUT2D eigenvalue weighted by Gasteiger charge is -2.07. The molecule has 78 valence electrons. The zero-order chi connectivity index (χ0) is 11.0. The summed E-state index contributed by atoms with van der Waals surface area (Å²) in [5.41, 5.74) is 2.53. The van der Waals surface area contributed by atoms with Crippen molar-refractivity contribution in [2.75, 3.05) is 5.32 Å². The molecule has 2 heterocycles. The second kappa shape index (κ2) is 3.73. The van der Waals surface area contributed by atoms with Gasteiger partial charge in [0.2, 0.25) is 5.91 Å². The van der Waals surface area contributed by atoms with Gasteiger partial charge in [-0.25, -0.2) is 4.98 Å². The van der Waals surface area contributed by atoms with Crippen molar-refractivity contribution in [1.82, 2.24) is 4.98 Å². The summed E-state index contributed by atoms with van der Waals surface area (Å²) in [5, 5.41) is 2.74. The minimum Gasteiger partial charge on any atom is -0.309 e. The first-order valence-corrected chi connectivity index (χ1v) is 5.36. The van der Waals surface area contributed by atoms with Gasteiger partial charge in [-0.1, -0.05) is 0 Å². The van der Waals surface area contributed by atoms with E-state index in [-0.39, 0.29) is 5.91 Å². The van der Waals surface area contributed by atoms with Gasteiger partial charge in [0.1, 0.15) is 5.69 Å². The molecule has 0 spiro atoms. The number of nitrogens with zero attached hydrogens (tertiary/aromatic N) is 2. The average Bonchev–Trinajstić information content (AvgIpc) is 2.30. The summed E-state index contributed by atoms with van der Waals surface area (Å²) in [6.07, 6.45) is 2.00. The van der Waals surface area contributed by atoms with Gasteiger partial charge < -0.3 is 5.32 Å². The molecule has 0 aliphatic carbocycles. The highest BCUT2D eigenvalue weighted by atomic mass is 79.9. The number of nitrogens with one attached hydrogen (secondary N) is 1. The Morgan fingerprint density at radius 1 is 1.47 bits per heavy atom. The van der Waals surface area contributed by atoms with Crippen molar-refractivity contribution >= 4 is 39.1 Å². The van der Waals surface area contributed by atoms with Crippen molar-refractivity contribution < 1.29 is 4.79 Å². The average molecular weight is 268 g/mol. The molecule has 1 amide bonds. The Balaban J connectivity index is 2.64. The van der Waals surface area contributed by atoms with Crippen molar-refractivity contribution in [2.24, 2.45) is 4.99 Å². The topological polar surface area (TPSA) is 54.4 Å². The molecule has 0 unspecified atom stereocenters. The van der Waals surface area contributed by atoms with Crippen LogP contribution in [-0.4, -0.2) is 16.6 Å². The van der Waals surface area contributed by atoms with Crippen LogP contribution in [0.1, 0.15) is 18.9 Å². The number of halogens is 1. The molecular formula is C10H10BrN3O. The molecule has 0 atom stereocenters. The summed E-state index contributed by atoms with van der Waals surface area (Å²) in [4.78, 5) is 19.9. The van der Waals surface area contributed by atoms with E-state index < -0.39 is 0 Å². The number of carbonyl (C=O) groups is 1. The van der Waals surface area contributed by atoms with Crippen LogP contribution in [0.2, 0.25) is 0 Å². The van der Waals surface area contributed by atoms with Gasteiger partial charge in [-0.2, -0.15) is 0 Å². The summed E-state index contributed by atoms with van der Waals surface area (Å²) in [5.74, 6) is 0.474. The highest BCUT2D eigenvalue weighted by Crippen LogP contribution is 2.33. The fraction of sp³-hybridized carbons (Fsp3) is 0.300. The molecule has 1 aliphatic heterocycles. The first-order valence-electron chi connectivity index (χ1n) is 4.57. The number of fused-ring (bicyclic) bond motifs is 1. The maximum Gasteiger partial charge on any atom is 0.231 e. The Morgan fingerprint density at radius 2 is 2.20 bits per heavy atom. The molecule has 1 aromatic rings. The fourth-order valence-corrected chi connectivity index (χ4v) is 1.73. The third-order valence-corrected chi connectivity index (χ3v) is 3.02. The molecule has 1 aromatic heterocycles. The van der Waals surface area contributed by atoms with Gasteiger partial charge in [-0.15, -0.1) is 0 Å². The molecule has 0 saturated heterocycles. The molecule has 0 saturated carbocycles. The molecule has 1 N–H and O–H groups in total. The van der Waals surface area contributed by atoms with E-state index in [0.29, 0.717) is 12.2 Å². The number of hydrogen-bond acceptors (Lipinski definition) is 3. The summed E-state index contributed by atoms with van der Waals surface area (Å²) in [6, 6.07) is 0. The van der Waals surface area contributed by atoms with Crippen LogP contribution in [0, 0.1) is 6.92 Å². The third-order valence-electron chi connectivity index (χ3n) is 2.22. The molecule has 0 aromatic carbocycles. The van der Waals surface area contributed by atoms with Crippen LogP contribution >= 0.6 is 15.9 Å². The lowest BCUT2D eigenvalue weighted by atomic mass is 10.2. The van der Waals surface area contributed by atoms with E-state index in [9.17, 15) is 4.79 Å². The normalized spacial score (nSPS) is 15.1. The minimum absolute atomic E-state index is 0.0655. The Morgan fingerprint density at radius 3 is 2.93 bits per heavy atom. The lowest BCUT2D eigenvalue weighted by Crippen LogP contribution is -2.13. The molecular weight excluding hydrogens is 258 g/mol. The first kappa shape index (κ1) is 10.3. The standard InChI is InChI=1S/C10H10BrN3O/c1-5-3-8(15)14-10-9(13-5)6(2)7(11)4-12-10/h4H,3H2,1-2H3,(H,12,14,15). The van der Waals surface area contributed by atoms with Gasteiger partial charge in [-0.3, -0.25) is 9.79 Å². The van der Waals surface area contributed by atoms with Crippen LogP contribution in [-0.2, 0) is 4.79 Å². The lowest BCUT2D eigenvalue weighted by molar-refractivity contribution is -0.115. The van der Waals surface area contributed by atoms with E-state index in [4.69, 9.17) is 0 Å². The van der Waals surface area contributed by atoms with E-state index in [1.807, 2.05) is 13.8 Å². The van der Waals surface area contributed by atoms with Gasteiger partial charge in [0.25, 0.3) is 0 Å². The maximum absolute atomic E-state index is 11.4. The first-order chi connectivity index (χ1) is 7.08. The van der Waals surface area contributed by atoms with Crippen LogP contribution < -0.4 is 5.32 Å². The van der Waals surface area contributed by atoms with Gasteiger partial charge in [0.15, 0.2) is 5.82 Å². The van der Waals surface area contributed by atoms with Crippen molar-refractivity contribution in [3.8, 4) is 0 Å². The number of pyridine rings is 1. The van der Waals surface area contributed by atoms with Crippen molar-refractivity contribution in [3.05, 3.63) is 16.2 Å². The monoisotopic (exact) mass is 267 g/mol.